The van der Waals surface area contributed by atoms with Crippen LogP contribution in [0.25, 0.3) is 10.8 Å². The molecule has 16 bridgehead atoms. The Bertz CT molecular complexity index is 3080. The lowest BCUT2D eigenvalue weighted by Gasteiger charge is -2.50. The molecule has 98 heavy (non-hydrogen) atoms. The number of hydrogen-bond acceptors (Lipinski definition) is 39. The summed E-state index contributed by atoms with van der Waals surface area (Å²) in [5.74, 6) is -2.29. The van der Waals surface area contributed by atoms with E-state index in [-0.39, 0.29) is 10.3 Å². The summed E-state index contributed by atoms with van der Waals surface area (Å²) in [7, 11) is -1.24. The lowest BCUT2D eigenvalue weighted by molar-refractivity contribution is -0.396. The molecule has 0 unspecified atom stereocenters. The van der Waals surface area contributed by atoms with Gasteiger partial charge in [-0.2, -0.15) is 16.5 Å². The number of ether oxygens (including phenoxy) is 15. The number of sulfonamides is 1. The molecule has 21 heterocycles. The molecule has 20 N–H and O–H groups in total. The molecule has 21 aliphatic heterocycles. The predicted octanol–water partition coefficient (Wildman–Crippen LogP) is -12.4. The lowest BCUT2D eigenvalue weighted by Crippen LogP contribution is -2.68. The van der Waals surface area contributed by atoms with Crippen LogP contribution < -0.4 is 9.62 Å². The normalized spacial score (nSPS) is 47.9. The van der Waals surface area contributed by atoms with E-state index < -0.39 is 288 Å². The fraction of sp³-hybridized carbons (Fsp3) is 0.807. The Morgan fingerprint density at radius 1 is 0.398 bits per heavy atom. The summed E-state index contributed by atoms with van der Waals surface area (Å²) < 4.78 is 120. The van der Waals surface area contributed by atoms with E-state index in [0.29, 0.717) is 11.1 Å². The fourth-order valence-corrected chi connectivity index (χ4v) is 15.9. The molecule has 2 aromatic rings. The SMILES string of the molecule is CN(C)c1cccc2c(S(=O)(=O)N[C@H]3CSC[C@H]4O[C@@H]5O[C@H]6[C@H](O)[C@@H](O)[C@@H](O[C@H]7[C@H](O)[C@@H](O)[C@@H](O[C@H]8[C@H](O)[C@@H](O)[C@@H](O[C@H]9[C@H](O)[C@@H](O)[C@@H](O[C@H]%10[C@H](O)[C@@H](O)[C@@H](O[C@H]%11[C@H](O)[C@@H](O)[C@@H](O[C@H]4[C@H](O)[C@H]5O)O[C@@H]%11COC3=O)O[C@@H]%10CO)O[C@@H]9CO)O[C@@H]8CO)O[C@@H]7CO)O[C@@H]6CO)cccc12. The van der Waals surface area contributed by atoms with Crippen molar-refractivity contribution in [1.29, 1.82) is 0 Å². The summed E-state index contributed by atoms with van der Waals surface area (Å²) in [6.07, 6.45) is -72.6. The van der Waals surface area contributed by atoms with Gasteiger partial charge in [-0.15, -0.1) is 0 Å². The van der Waals surface area contributed by atoms with Crippen LogP contribution in [0, 0.1) is 0 Å². The fourth-order valence-electron chi connectivity index (χ4n) is 13.2. The number of hydrogen-bond donors (Lipinski definition) is 20. The highest BCUT2D eigenvalue weighted by atomic mass is 32.2. The summed E-state index contributed by atoms with van der Waals surface area (Å²) in [5.41, 5.74) is 0.637. The molecular formula is C57H84N2O37S2. The quantitative estimate of drug-likeness (QED) is 0.104. The van der Waals surface area contributed by atoms with Crippen LogP contribution in [-0.2, 0) is 85.9 Å². The van der Waals surface area contributed by atoms with E-state index in [0.717, 1.165) is 11.8 Å². The van der Waals surface area contributed by atoms with Crippen LogP contribution in [0.3, 0.4) is 0 Å². The number of carbonyl (C=O) groups excluding carboxylic acids is 1. The minimum atomic E-state index is -4.73. The van der Waals surface area contributed by atoms with Gasteiger partial charge < -0.3 is 173 Å². The van der Waals surface area contributed by atoms with E-state index in [1.807, 2.05) is 0 Å². The van der Waals surface area contributed by atoms with Crippen molar-refractivity contribution in [1.82, 2.24) is 4.72 Å². The zero-order valence-electron chi connectivity index (χ0n) is 52.0. The zero-order valence-corrected chi connectivity index (χ0v) is 53.6. The molecule has 0 spiro atoms. The number of cyclic esters (lactones) is 1. The van der Waals surface area contributed by atoms with Crippen molar-refractivity contribution in [2.24, 2.45) is 0 Å². The first-order valence-electron chi connectivity index (χ1n) is 31.3. The van der Waals surface area contributed by atoms with Crippen molar-refractivity contribution in [3.63, 3.8) is 0 Å². The van der Waals surface area contributed by atoms with Gasteiger partial charge in [0.15, 0.2) is 44.0 Å². The number of aliphatic hydroxyl groups excluding tert-OH is 19. The molecule has 21 aliphatic rings. The third-order valence-electron chi connectivity index (χ3n) is 18.6. The maximum absolute atomic E-state index is 14.6. The maximum Gasteiger partial charge on any atom is 0.325 e. The molecule has 0 saturated carbocycles. The number of nitrogens with one attached hydrogen (secondary N) is 1. The number of rotatable bonds is 9. The summed E-state index contributed by atoms with van der Waals surface area (Å²) in [6, 6.07) is 7.51. The molecule has 21 saturated heterocycles. The van der Waals surface area contributed by atoms with Gasteiger partial charge in [0.25, 0.3) is 0 Å². The van der Waals surface area contributed by atoms with Crippen molar-refractivity contribution < 1.29 is 181 Å². The van der Waals surface area contributed by atoms with Crippen LogP contribution in [0.2, 0.25) is 0 Å². The third-order valence-corrected chi connectivity index (χ3v) is 21.3. The zero-order chi connectivity index (χ0) is 70.7. The van der Waals surface area contributed by atoms with Crippen molar-refractivity contribution in [2.45, 2.75) is 226 Å². The van der Waals surface area contributed by atoms with Crippen LogP contribution >= 0.6 is 11.8 Å². The van der Waals surface area contributed by atoms with E-state index >= 15 is 0 Å². The van der Waals surface area contributed by atoms with Gasteiger partial charge >= 0.3 is 5.97 Å². The summed E-state index contributed by atoms with van der Waals surface area (Å²) in [4.78, 5) is 16.0. The number of esters is 1. The maximum atomic E-state index is 14.6. The predicted molar refractivity (Wildman–Crippen MR) is 315 cm³/mol. The number of nitrogens with zero attached hydrogens (tertiary/aromatic N) is 1. The molecular weight excluding hydrogens is 1370 g/mol. The minimum Gasteiger partial charge on any atom is -0.462 e. The second kappa shape index (κ2) is 31.7. The van der Waals surface area contributed by atoms with Crippen molar-refractivity contribution in [3.8, 4) is 0 Å². The molecule has 36 atom stereocenters. The van der Waals surface area contributed by atoms with E-state index in [2.05, 4.69) is 4.72 Å². The molecule has 23 rings (SSSR count). The van der Waals surface area contributed by atoms with Gasteiger partial charge in [-0.05, 0) is 12.1 Å². The number of aliphatic hydroxyl groups is 19. The largest absolute Gasteiger partial charge is 0.462 e. The molecule has 0 radical (unpaired) electrons. The van der Waals surface area contributed by atoms with Gasteiger partial charge in [-0.25, -0.2) is 8.42 Å². The first-order chi connectivity index (χ1) is 46.6. The summed E-state index contributed by atoms with van der Waals surface area (Å²) >= 11 is 0.775. The second-order valence-electron chi connectivity index (χ2n) is 25.2. The Labute approximate surface area is 560 Å². The second-order valence-corrected chi connectivity index (χ2v) is 27.9. The van der Waals surface area contributed by atoms with Crippen LogP contribution in [0.1, 0.15) is 0 Å². The average molecular weight is 1450 g/mol. The van der Waals surface area contributed by atoms with Gasteiger partial charge in [-0.3, -0.25) is 4.79 Å². The lowest BCUT2D eigenvalue weighted by atomic mass is 9.95. The third kappa shape index (κ3) is 15.0. The van der Waals surface area contributed by atoms with Gasteiger partial charge in [-0.1, -0.05) is 24.3 Å². The molecule has 41 heteroatoms. The van der Waals surface area contributed by atoms with Gasteiger partial charge in [0.1, 0.15) is 177 Å². The number of fused-ring (bicyclic) bond motifs is 1. The van der Waals surface area contributed by atoms with Crippen LogP contribution in [0.4, 0.5) is 5.69 Å². The highest BCUT2D eigenvalue weighted by molar-refractivity contribution is 7.99. The first kappa shape index (κ1) is 76.1. The molecule has 39 nitrogen and oxygen atoms in total. The Kier molecular flexibility index (Phi) is 24.6. The van der Waals surface area contributed by atoms with Crippen molar-refractivity contribution in [3.05, 3.63) is 36.4 Å². The van der Waals surface area contributed by atoms with Gasteiger partial charge in [0.2, 0.25) is 10.0 Å². The average Bonchev–Trinajstić information content (AvgIpc) is 0.828. The Morgan fingerprint density at radius 2 is 0.704 bits per heavy atom. The van der Waals surface area contributed by atoms with Gasteiger partial charge in [0, 0.05) is 42.1 Å². The minimum absolute atomic E-state index is 0.243. The first-order valence-corrected chi connectivity index (χ1v) is 34.0. The number of carbonyl (C=O) groups is 1. The van der Waals surface area contributed by atoms with Crippen LogP contribution in [-0.4, -0.2) is 398 Å². The molecule has 0 amide bonds. The van der Waals surface area contributed by atoms with Crippen LogP contribution in [0.15, 0.2) is 41.3 Å². The smallest absolute Gasteiger partial charge is 0.325 e. The summed E-state index contributed by atoms with van der Waals surface area (Å²) in [5, 5.41) is 217. The van der Waals surface area contributed by atoms with E-state index in [1.165, 1.54) is 12.1 Å². The number of benzene rings is 2. The Balaban J connectivity index is 0.932. The standard InChI is InChI=1S/C57H84N2O37S2/c1-59(2)20-7-3-6-18-17(20)5-4-8-28(18)98(80,81)58-19-15-97-16-27-49-35(71)42(78)57(89-27)94-47-25(13-64)86-54(39(75)32(47)68)92-45-23(11-62)84-52(37(73)30(45)66)90-43-21(9-60)83-51(36(72)29(43)65)91-44-22(10-61)85-53(38(74)31(44)67)93-46-24(12-63)87-55(40(76)33(46)69)95-48-26(14-82-50(19)79)88-56(96-49)41(77)34(48)70/h3-8,19,21-27,29-49,51-58,60-78H,9-16H2,1-2H3/t19-,21+,22+,23+,24+,25+,26+,27+,29+,30+,31+,32+,33+,34+,35+,36+,37+,38+,39+,40+,41+,42+,43+,44+,45+,46+,47+,48+,49+,51+,52+,53+,54+,55+,56+,57+/m0/s1. The van der Waals surface area contributed by atoms with Crippen molar-refractivity contribution >= 4 is 44.2 Å². The van der Waals surface area contributed by atoms with E-state index in [9.17, 15) is 110 Å². The molecule has 0 aromatic heterocycles. The molecule has 2 aromatic carbocycles. The summed E-state index contributed by atoms with van der Waals surface area (Å²) in [6.45, 7) is -6.48. The van der Waals surface area contributed by atoms with Crippen molar-refractivity contribution in [2.75, 3.05) is 70.1 Å². The van der Waals surface area contributed by atoms with E-state index in [1.54, 1.807) is 43.3 Å². The molecule has 0 aliphatic carbocycles. The highest BCUT2D eigenvalue weighted by Gasteiger charge is 2.60. The monoisotopic (exact) mass is 1450 g/mol. The molecule has 556 valence electrons. The topological polar surface area (TPSA) is 589 Å². The Hall–Kier alpha value is -3.09. The number of anilines is 1. The number of thioether (sulfide) groups is 1. The molecule has 21 fully saturated rings. The van der Waals surface area contributed by atoms with Gasteiger partial charge in [0.05, 0.1) is 44.0 Å². The van der Waals surface area contributed by atoms with E-state index in [4.69, 9.17) is 71.1 Å². The Morgan fingerprint density at radius 3 is 1.06 bits per heavy atom. The highest BCUT2D eigenvalue weighted by Crippen LogP contribution is 2.40. The van der Waals surface area contributed by atoms with Crippen LogP contribution in [0.5, 0.6) is 0 Å².